The molecule has 0 aliphatic carbocycles. The lowest BCUT2D eigenvalue weighted by Gasteiger charge is -2.08. The Kier molecular flexibility index (Phi) is 17.7. The van der Waals surface area contributed by atoms with Crippen molar-refractivity contribution >= 4 is 17.5 Å². The summed E-state index contributed by atoms with van der Waals surface area (Å²) >= 11 is 0. The van der Waals surface area contributed by atoms with Gasteiger partial charge in [0.15, 0.2) is 0 Å². The number of hydrogen-bond acceptors (Lipinski definition) is 10. The van der Waals surface area contributed by atoms with E-state index >= 15 is 0 Å². The molecule has 0 aliphatic heterocycles. The van der Waals surface area contributed by atoms with Gasteiger partial charge in [-0.3, -0.25) is 14.5 Å². The normalized spacial score (nSPS) is 10.3. The molecule has 0 unspecified atom stereocenters. The van der Waals surface area contributed by atoms with E-state index in [-0.39, 0.29) is 11.4 Å². The second kappa shape index (κ2) is 24.8. The lowest BCUT2D eigenvalue weighted by atomic mass is 9.98. The summed E-state index contributed by atoms with van der Waals surface area (Å²) in [5.41, 5.74) is 11.3. The van der Waals surface area contributed by atoms with Crippen molar-refractivity contribution in [3.05, 3.63) is 231 Å². The van der Waals surface area contributed by atoms with Crippen LogP contribution in [0.5, 0.6) is 0 Å². The molecule has 350 valence electrons. The zero-order valence-corrected chi connectivity index (χ0v) is 39.5. The van der Waals surface area contributed by atoms with E-state index in [4.69, 9.17) is 5.41 Å². The number of hydrogen-bond donors (Lipinski definition) is 2. The summed E-state index contributed by atoms with van der Waals surface area (Å²) in [4.78, 5) is 24.1. The molecule has 6 aromatic carbocycles. The fourth-order valence-corrected chi connectivity index (χ4v) is 7.26. The Bertz CT molecular complexity index is 3330. The van der Waals surface area contributed by atoms with Crippen LogP contribution in [0, 0.1) is 26.2 Å². The van der Waals surface area contributed by atoms with E-state index in [9.17, 15) is 9.59 Å². The second-order valence-electron chi connectivity index (χ2n) is 15.4. The lowest BCUT2D eigenvalue weighted by molar-refractivity contribution is 0.690. The highest BCUT2D eigenvalue weighted by Crippen LogP contribution is 2.30. The van der Waals surface area contributed by atoms with Gasteiger partial charge >= 0.3 is 11.4 Å². The van der Waals surface area contributed by atoms with Crippen LogP contribution in [-0.4, -0.2) is 66.8 Å². The average Bonchev–Trinajstić information content (AvgIpc) is 4.08. The summed E-state index contributed by atoms with van der Waals surface area (Å²) in [6, 6.07) is 52.3. The van der Waals surface area contributed by atoms with Gasteiger partial charge in [0, 0.05) is 36.7 Å². The van der Waals surface area contributed by atoms with Gasteiger partial charge < -0.3 is 0 Å². The van der Waals surface area contributed by atoms with Gasteiger partial charge in [0.05, 0.1) is 13.1 Å². The molecule has 0 radical (unpaired) electrons. The number of H-pyrrole nitrogens is 1. The van der Waals surface area contributed by atoms with E-state index in [1.807, 2.05) is 129 Å². The molecule has 3 aromatic heterocycles. The summed E-state index contributed by atoms with van der Waals surface area (Å²) in [7, 11) is 3.33. The highest BCUT2D eigenvalue weighted by atomic mass is 16.2. The van der Waals surface area contributed by atoms with E-state index < -0.39 is 0 Å². The van der Waals surface area contributed by atoms with Gasteiger partial charge in [0.2, 0.25) is 5.82 Å². The summed E-state index contributed by atoms with van der Waals surface area (Å²) in [5, 5.41) is 43.1. The SMILES string of the molecule is C=C=N.C=C=N/N=N/N=C(c1ccccc1)c1ccccc1.Cc1ccccc1-c1ccc(Cn2c(C)nn(C)c2=O)cc1.Cc1nn(C)c(=O)n1Cc1ccc(-c2ccccc2-c2nn[nH]n2)cc1. The average molecular weight is 930 g/mol. The summed E-state index contributed by atoms with van der Waals surface area (Å²) in [6.45, 7) is 13.0. The molecule has 0 atom stereocenters. The Morgan fingerprint density at radius 1 is 0.600 bits per heavy atom. The van der Waals surface area contributed by atoms with Crippen molar-refractivity contribution in [3.63, 3.8) is 0 Å². The maximum Gasteiger partial charge on any atom is 0.345 e. The minimum Gasteiger partial charge on any atom is -0.275 e. The van der Waals surface area contributed by atoms with Crippen LogP contribution in [0.2, 0.25) is 0 Å². The molecule has 0 saturated carbocycles. The molecule has 3 heterocycles. The van der Waals surface area contributed by atoms with Crippen molar-refractivity contribution in [3.8, 4) is 33.6 Å². The quantitative estimate of drug-likeness (QED) is 0.0731. The first kappa shape index (κ1) is 49.9. The Morgan fingerprint density at radius 3 is 1.47 bits per heavy atom. The summed E-state index contributed by atoms with van der Waals surface area (Å²) < 4.78 is 6.06. The van der Waals surface area contributed by atoms with Gasteiger partial charge in [-0.05, 0) is 94.4 Å². The molecule has 9 aromatic rings. The third-order valence-electron chi connectivity index (χ3n) is 10.7. The number of aromatic amines is 1. The molecular formula is C53H51N15O2. The van der Waals surface area contributed by atoms with Crippen molar-refractivity contribution in [1.82, 2.24) is 49.3 Å². The van der Waals surface area contributed by atoms with Crippen LogP contribution < -0.4 is 11.4 Å². The van der Waals surface area contributed by atoms with E-state index in [1.165, 1.54) is 26.1 Å². The molecule has 2 N–H and O–H groups in total. The standard InChI is InChI=1S/C18H17N7O.C18H19N3O.C15H12N4.C2H3N/c1-12-21-24(2)18(26)25(12)11-13-7-9-14(10-8-13)15-5-3-4-6-16(15)17-19-22-23-20-17;1-13-6-4-5-7-17(13)16-10-8-15(9-11-16)12-21-14(2)19-20(3)18(21)22;1-2-16-18-19-17-15(13-9-5-3-6-10-13)14-11-7-4-8-12-14;1-2-3/h3-10H,11H2,1-2H3,(H,19,20,22,23);4-11H,12H2,1-3H3;3-12H,1H2;3H,1H2/b;;19-18+;. The van der Waals surface area contributed by atoms with Crippen molar-refractivity contribution in [2.45, 2.75) is 33.9 Å². The van der Waals surface area contributed by atoms with Gasteiger partial charge in [0.1, 0.15) is 17.4 Å². The molecule has 0 aliphatic rings. The van der Waals surface area contributed by atoms with Crippen LogP contribution >= 0.6 is 0 Å². The van der Waals surface area contributed by atoms with Gasteiger partial charge in [-0.25, -0.2) is 19.0 Å². The first-order chi connectivity index (χ1) is 34.0. The molecule has 0 saturated heterocycles. The molecule has 0 bridgehead atoms. The summed E-state index contributed by atoms with van der Waals surface area (Å²) in [6.07, 6.45) is 0. The molecule has 0 fully saturated rings. The zero-order valence-electron chi connectivity index (χ0n) is 39.5. The highest BCUT2D eigenvalue weighted by molar-refractivity contribution is 6.12. The minimum absolute atomic E-state index is 0.0829. The van der Waals surface area contributed by atoms with E-state index in [0.717, 1.165) is 50.5 Å². The number of rotatable bonds is 11. The number of nitrogens with one attached hydrogen (secondary N) is 2. The van der Waals surface area contributed by atoms with E-state index in [1.54, 1.807) is 29.1 Å². The molecule has 9 rings (SSSR count). The second-order valence-corrected chi connectivity index (χ2v) is 15.4. The van der Waals surface area contributed by atoms with Crippen LogP contribution in [0.3, 0.4) is 0 Å². The Morgan fingerprint density at radius 2 is 1.04 bits per heavy atom. The van der Waals surface area contributed by atoms with E-state index in [2.05, 4.69) is 120 Å². The van der Waals surface area contributed by atoms with Crippen LogP contribution in [-0.2, 0) is 27.2 Å². The summed E-state index contributed by atoms with van der Waals surface area (Å²) in [5.74, 6) is 6.00. The monoisotopic (exact) mass is 929 g/mol. The predicted molar refractivity (Wildman–Crippen MR) is 274 cm³/mol. The number of tetrazole rings is 1. The van der Waals surface area contributed by atoms with Gasteiger partial charge in [0.25, 0.3) is 0 Å². The lowest BCUT2D eigenvalue weighted by Crippen LogP contribution is -2.23. The molecule has 17 nitrogen and oxygen atoms in total. The van der Waals surface area contributed by atoms with Crippen LogP contribution in [0.15, 0.2) is 201 Å². The van der Waals surface area contributed by atoms with Gasteiger partial charge in [-0.15, -0.1) is 15.3 Å². The Labute approximate surface area is 404 Å². The van der Waals surface area contributed by atoms with E-state index in [0.29, 0.717) is 24.7 Å². The van der Waals surface area contributed by atoms with Gasteiger partial charge in [-0.1, -0.05) is 163 Å². The maximum absolute atomic E-state index is 12.1. The third-order valence-corrected chi connectivity index (χ3v) is 10.7. The molecule has 70 heavy (non-hydrogen) atoms. The molecule has 0 amide bonds. The molecule has 0 spiro atoms. The first-order valence-electron chi connectivity index (χ1n) is 21.8. The van der Waals surface area contributed by atoms with Crippen LogP contribution in [0.1, 0.15) is 39.5 Å². The third kappa shape index (κ3) is 13.1. The smallest absolute Gasteiger partial charge is 0.275 e. The largest absolute Gasteiger partial charge is 0.345 e. The molecular weight excluding hydrogens is 879 g/mol. The first-order valence-corrected chi connectivity index (χ1v) is 21.8. The zero-order chi connectivity index (χ0) is 49.8. The topological polar surface area (TPSA) is 207 Å². The molecule has 17 heteroatoms. The minimum atomic E-state index is -0.117. The number of aryl methyl sites for hydroxylation is 5. The van der Waals surface area contributed by atoms with Crippen molar-refractivity contribution < 1.29 is 0 Å². The van der Waals surface area contributed by atoms with Crippen LogP contribution in [0.4, 0.5) is 0 Å². The van der Waals surface area contributed by atoms with Crippen molar-refractivity contribution in [2.24, 2.45) is 34.7 Å². The Balaban J connectivity index is 0.000000169. The number of benzene rings is 6. The fourth-order valence-electron chi connectivity index (χ4n) is 7.26. The highest BCUT2D eigenvalue weighted by Gasteiger charge is 2.13. The van der Waals surface area contributed by atoms with Gasteiger partial charge in [-0.2, -0.15) is 15.4 Å². The maximum atomic E-state index is 12.1. The number of nitrogens with zero attached hydrogens (tertiary/aromatic N) is 13. The predicted octanol–water partition coefficient (Wildman–Crippen LogP) is 8.78. The fraction of sp³-hybridized carbons (Fsp3) is 0.132. The Hall–Kier alpha value is -9.56. The number of aromatic nitrogens is 10. The van der Waals surface area contributed by atoms with Crippen molar-refractivity contribution in [2.75, 3.05) is 0 Å². The van der Waals surface area contributed by atoms with Crippen LogP contribution in [0.25, 0.3) is 33.6 Å². The van der Waals surface area contributed by atoms with Crippen molar-refractivity contribution in [1.29, 1.82) is 5.41 Å².